The van der Waals surface area contributed by atoms with Crippen molar-refractivity contribution >= 4 is 21.7 Å². The first kappa shape index (κ1) is 14.8. The van der Waals surface area contributed by atoms with Gasteiger partial charge in [0, 0.05) is 15.6 Å². The van der Waals surface area contributed by atoms with Crippen LogP contribution >= 0.6 is 15.9 Å². The van der Waals surface area contributed by atoms with Gasteiger partial charge in [0.15, 0.2) is 5.78 Å². The van der Waals surface area contributed by atoms with Gasteiger partial charge in [0.1, 0.15) is 5.75 Å². The molecule has 20 heavy (non-hydrogen) atoms. The zero-order valence-electron chi connectivity index (χ0n) is 11.8. The minimum atomic E-state index is 0.0277. The average molecular weight is 333 g/mol. The van der Waals surface area contributed by atoms with E-state index in [9.17, 15) is 4.79 Å². The van der Waals surface area contributed by atoms with Crippen LogP contribution in [0, 0.1) is 6.92 Å². The van der Waals surface area contributed by atoms with Crippen LogP contribution in [0.2, 0.25) is 0 Å². The Morgan fingerprint density at radius 1 is 1.10 bits per heavy atom. The molecular formula is C17H17BrO2. The van der Waals surface area contributed by atoms with Gasteiger partial charge in [-0.15, -0.1) is 0 Å². The van der Waals surface area contributed by atoms with Crippen molar-refractivity contribution in [1.29, 1.82) is 0 Å². The number of ether oxygens (including phenoxy) is 1. The number of benzene rings is 2. The lowest BCUT2D eigenvalue weighted by molar-refractivity contribution is 0.103. The van der Waals surface area contributed by atoms with Crippen LogP contribution in [0.3, 0.4) is 0 Å². The molecule has 0 radical (unpaired) electrons. The minimum absolute atomic E-state index is 0.0277. The van der Waals surface area contributed by atoms with E-state index in [2.05, 4.69) is 15.9 Å². The summed E-state index contributed by atoms with van der Waals surface area (Å²) in [4.78, 5) is 12.5. The van der Waals surface area contributed by atoms with Gasteiger partial charge in [-0.1, -0.05) is 22.0 Å². The fourth-order valence-corrected chi connectivity index (χ4v) is 2.31. The van der Waals surface area contributed by atoms with Crippen LogP contribution in [-0.2, 0) is 0 Å². The van der Waals surface area contributed by atoms with Crippen molar-refractivity contribution in [3.05, 3.63) is 63.6 Å². The summed E-state index contributed by atoms with van der Waals surface area (Å²) in [5, 5.41) is 0. The van der Waals surface area contributed by atoms with Crippen molar-refractivity contribution in [2.24, 2.45) is 0 Å². The van der Waals surface area contributed by atoms with E-state index in [4.69, 9.17) is 4.74 Å². The van der Waals surface area contributed by atoms with Gasteiger partial charge in [0.2, 0.25) is 0 Å². The van der Waals surface area contributed by atoms with Crippen molar-refractivity contribution in [2.75, 3.05) is 0 Å². The van der Waals surface area contributed by atoms with Crippen molar-refractivity contribution < 1.29 is 9.53 Å². The topological polar surface area (TPSA) is 26.3 Å². The molecule has 0 aliphatic carbocycles. The molecule has 0 heterocycles. The highest BCUT2D eigenvalue weighted by atomic mass is 79.9. The predicted molar refractivity (Wildman–Crippen MR) is 84.5 cm³/mol. The Balaban J connectivity index is 2.27. The summed E-state index contributed by atoms with van der Waals surface area (Å²) in [6, 6.07) is 13.0. The van der Waals surface area contributed by atoms with Gasteiger partial charge < -0.3 is 4.74 Å². The molecule has 2 rings (SSSR count). The lowest BCUT2D eigenvalue weighted by Gasteiger charge is -2.10. The fourth-order valence-electron chi connectivity index (χ4n) is 1.95. The van der Waals surface area contributed by atoms with E-state index >= 15 is 0 Å². The second-order valence-corrected chi connectivity index (χ2v) is 5.90. The van der Waals surface area contributed by atoms with Crippen LogP contribution in [0.4, 0.5) is 0 Å². The monoisotopic (exact) mass is 332 g/mol. The number of hydrogen-bond donors (Lipinski definition) is 0. The van der Waals surface area contributed by atoms with Crippen LogP contribution in [-0.4, -0.2) is 11.9 Å². The molecule has 0 aliphatic rings. The van der Waals surface area contributed by atoms with Gasteiger partial charge in [-0.25, -0.2) is 0 Å². The molecule has 104 valence electrons. The quantitative estimate of drug-likeness (QED) is 0.753. The van der Waals surface area contributed by atoms with Crippen LogP contribution < -0.4 is 4.74 Å². The van der Waals surface area contributed by atoms with E-state index in [1.165, 1.54) is 0 Å². The third-order valence-corrected chi connectivity index (χ3v) is 3.43. The summed E-state index contributed by atoms with van der Waals surface area (Å²) in [6.45, 7) is 5.89. The van der Waals surface area contributed by atoms with E-state index in [0.29, 0.717) is 5.56 Å². The normalized spacial score (nSPS) is 10.7. The molecule has 0 saturated carbocycles. The van der Waals surface area contributed by atoms with E-state index in [1.54, 1.807) is 12.1 Å². The molecule has 0 unspecified atom stereocenters. The Labute approximate surface area is 127 Å². The first-order chi connectivity index (χ1) is 9.47. The van der Waals surface area contributed by atoms with Crippen LogP contribution in [0.15, 0.2) is 46.9 Å². The van der Waals surface area contributed by atoms with E-state index < -0.39 is 0 Å². The largest absolute Gasteiger partial charge is 0.491 e. The Morgan fingerprint density at radius 3 is 2.35 bits per heavy atom. The summed E-state index contributed by atoms with van der Waals surface area (Å²) in [6.07, 6.45) is 0.129. The van der Waals surface area contributed by atoms with Crippen molar-refractivity contribution in [1.82, 2.24) is 0 Å². The number of carbonyl (C=O) groups is 1. The highest BCUT2D eigenvalue weighted by Gasteiger charge is 2.12. The number of aryl methyl sites for hydroxylation is 1. The summed E-state index contributed by atoms with van der Waals surface area (Å²) in [5.41, 5.74) is 2.36. The summed E-state index contributed by atoms with van der Waals surface area (Å²) < 4.78 is 6.49. The molecule has 0 atom stereocenters. The molecule has 0 amide bonds. The molecule has 0 aromatic heterocycles. The van der Waals surface area contributed by atoms with Crippen molar-refractivity contribution in [3.8, 4) is 5.75 Å². The van der Waals surface area contributed by atoms with Gasteiger partial charge in [-0.05, 0) is 62.7 Å². The molecule has 0 bridgehead atoms. The second-order valence-electron chi connectivity index (χ2n) is 4.98. The van der Waals surface area contributed by atoms with E-state index in [1.807, 2.05) is 51.1 Å². The number of rotatable bonds is 4. The maximum atomic E-state index is 12.5. The van der Waals surface area contributed by atoms with Gasteiger partial charge >= 0.3 is 0 Å². The lowest BCUT2D eigenvalue weighted by Crippen LogP contribution is -2.07. The molecule has 0 spiro atoms. The lowest BCUT2D eigenvalue weighted by atomic mass is 9.99. The molecule has 2 aromatic rings. The van der Waals surface area contributed by atoms with E-state index in [-0.39, 0.29) is 11.9 Å². The third-order valence-electron chi connectivity index (χ3n) is 2.93. The molecule has 0 aliphatic heterocycles. The number of ketones is 1. The molecule has 3 heteroatoms. The third kappa shape index (κ3) is 3.48. The number of hydrogen-bond acceptors (Lipinski definition) is 2. The SMILES string of the molecule is Cc1ccc(Br)cc1C(=O)c1ccc(OC(C)C)cc1. The van der Waals surface area contributed by atoms with Gasteiger partial charge in [-0.2, -0.15) is 0 Å². The Morgan fingerprint density at radius 2 is 1.75 bits per heavy atom. The smallest absolute Gasteiger partial charge is 0.193 e. The summed E-state index contributed by atoms with van der Waals surface area (Å²) in [5.74, 6) is 0.808. The fraction of sp³-hybridized carbons (Fsp3) is 0.235. The Bertz CT molecular complexity index is 615. The predicted octanol–water partition coefficient (Wildman–Crippen LogP) is 4.78. The summed E-state index contributed by atoms with van der Waals surface area (Å²) in [7, 11) is 0. The maximum Gasteiger partial charge on any atom is 0.193 e. The van der Waals surface area contributed by atoms with Crippen LogP contribution in [0.25, 0.3) is 0 Å². The molecule has 0 N–H and O–H groups in total. The standard InChI is InChI=1S/C17H17BrO2/c1-11(2)20-15-8-5-13(6-9-15)17(19)16-10-14(18)7-4-12(16)3/h4-11H,1-3H3. The van der Waals surface area contributed by atoms with Crippen LogP contribution in [0.1, 0.15) is 35.3 Å². The Kier molecular flexibility index (Phi) is 4.61. The molecule has 2 aromatic carbocycles. The Hall–Kier alpha value is -1.61. The molecular weight excluding hydrogens is 316 g/mol. The maximum absolute atomic E-state index is 12.5. The van der Waals surface area contributed by atoms with Crippen molar-refractivity contribution in [3.63, 3.8) is 0 Å². The number of halogens is 1. The first-order valence-electron chi connectivity index (χ1n) is 6.55. The average Bonchev–Trinajstić information content (AvgIpc) is 2.41. The van der Waals surface area contributed by atoms with Crippen LogP contribution in [0.5, 0.6) is 5.75 Å². The molecule has 2 nitrogen and oxygen atoms in total. The second kappa shape index (κ2) is 6.23. The minimum Gasteiger partial charge on any atom is -0.491 e. The van der Waals surface area contributed by atoms with Gasteiger partial charge in [0.25, 0.3) is 0 Å². The summed E-state index contributed by atoms with van der Waals surface area (Å²) >= 11 is 3.40. The molecule has 0 fully saturated rings. The van der Waals surface area contributed by atoms with Crippen molar-refractivity contribution in [2.45, 2.75) is 26.9 Å². The zero-order valence-corrected chi connectivity index (χ0v) is 13.4. The highest BCUT2D eigenvalue weighted by molar-refractivity contribution is 9.10. The first-order valence-corrected chi connectivity index (χ1v) is 7.34. The van der Waals surface area contributed by atoms with Gasteiger partial charge in [0.05, 0.1) is 6.10 Å². The van der Waals surface area contributed by atoms with Gasteiger partial charge in [-0.3, -0.25) is 4.79 Å². The zero-order chi connectivity index (χ0) is 14.7. The molecule has 0 saturated heterocycles. The highest BCUT2D eigenvalue weighted by Crippen LogP contribution is 2.21. The van der Waals surface area contributed by atoms with E-state index in [0.717, 1.165) is 21.3 Å². The number of carbonyl (C=O) groups excluding carboxylic acids is 1.